The maximum absolute atomic E-state index is 11.6. The highest BCUT2D eigenvalue weighted by atomic mass is 16.5. The third-order valence-electron chi connectivity index (χ3n) is 3.36. The minimum atomic E-state index is -1.01. The van der Waals surface area contributed by atoms with Gasteiger partial charge in [-0.15, -0.1) is 0 Å². The number of aliphatic hydroxyl groups is 1. The molecule has 0 aromatic carbocycles. The van der Waals surface area contributed by atoms with Crippen molar-refractivity contribution in [3.63, 3.8) is 0 Å². The molecule has 0 unspecified atom stereocenters. The average molecular weight is 243 g/mol. The van der Waals surface area contributed by atoms with E-state index in [9.17, 15) is 9.59 Å². The van der Waals surface area contributed by atoms with Gasteiger partial charge in [0.15, 0.2) is 6.10 Å². The summed E-state index contributed by atoms with van der Waals surface area (Å²) in [6.45, 7) is 0.535. The number of carboxylic acids is 1. The molecular formula is C11H17NO5. The highest BCUT2D eigenvalue weighted by Crippen LogP contribution is 2.26. The van der Waals surface area contributed by atoms with Crippen molar-refractivity contribution in [2.75, 3.05) is 6.54 Å². The van der Waals surface area contributed by atoms with Gasteiger partial charge in [-0.1, -0.05) is 0 Å². The van der Waals surface area contributed by atoms with Crippen LogP contribution in [0.1, 0.15) is 25.7 Å². The summed E-state index contributed by atoms with van der Waals surface area (Å²) in [5, 5.41) is 20.5. The number of ether oxygens (including phenoxy) is 1. The summed E-state index contributed by atoms with van der Waals surface area (Å²) < 4.78 is 5.13. The second-order valence-corrected chi connectivity index (χ2v) is 4.77. The number of carbonyl (C=O) groups is 2. The van der Waals surface area contributed by atoms with E-state index in [0.717, 1.165) is 12.8 Å². The van der Waals surface area contributed by atoms with E-state index in [4.69, 9.17) is 14.9 Å². The molecule has 1 aliphatic heterocycles. The SMILES string of the molecule is O=C(NCC1CC(O)C1)[C@@H]1CC[C@H](C(=O)O)O1. The molecule has 6 nitrogen and oxygen atoms in total. The Kier molecular flexibility index (Phi) is 3.63. The van der Waals surface area contributed by atoms with E-state index >= 15 is 0 Å². The van der Waals surface area contributed by atoms with Crippen LogP contribution in [0.4, 0.5) is 0 Å². The Morgan fingerprint density at radius 1 is 1.24 bits per heavy atom. The molecule has 96 valence electrons. The third kappa shape index (κ3) is 2.95. The van der Waals surface area contributed by atoms with Gasteiger partial charge < -0.3 is 20.3 Å². The van der Waals surface area contributed by atoms with E-state index in [1.165, 1.54) is 0 Å². The van der Waals surface area contributed by atoms with Crippen LogP contribution in [0.25, 0.3) is 0 Å². The van der Waals surface area contributed by atoms with Crippen LogP contribution in [0.15, 0.2) is 0 Å². The van der Waals surface area contributed by atoms with E-state index in [-0.39, 0.29) is 12.0 Å². The number of hydrogen-bond acceptors (Lipinski definition) is 4. The van der Waals surface area contributed by atoms with E-state index in [1.807, 2.05) is 0 Å². The molecule has 0 radical (unpaired) electrons. The third-order valence-corrected chi connectivity index (χ3v) is 3.36. The highest BCUT2D eigenvalue weighted by molar-refractivity contribution is 5.82. The molecule has 1 saturated heterocycles. The minimum absolute atomic E-state index is 0.226. The first-order valence-corrected chi connectivity index (χ1v) is 5.90. The monoisotopic (exact) mass is 243 g/mol. The summed E-state index contributed by atoms with van der Waals surface area (Å²) in [6.07, 6.45) is 0.576. The van der Waals surface area contributed by atoms with Crippen LogP contribution in [0.5, 0.6) is 0 Å². The van der Waals surface area contributed by atoms with Crippen LogP contribution >= 0.6 is 0 Å². The molecule has 1 aliphatic carbocycles. The van der Waals surface area contributed by atoms with Gasteiger partial charge in [0.2, 0.25) is 5.91 Å². The summed E-state index contributed by atoms with van der Waals surface area (Å²) in [4.78, 5) is 22.3. The Morgan fingerprint density at radius 2 is 1.88 bits per heavy atom. The van der Waals surface area contributed by atoms with Crippen molar-refractivity contribution in [1.82, 2.24) is 5.32 Å². The fraction of sp³-hybridized carbons (Fsp3) is 0.818. The molecule has 17 heavy (non-hydrogen) atoms. The number of rotatable bonds is 4. The van der Waals surface area contributed by atoms with Gasteiger partial charge in [0.05, 0.1) is 6.10 Å². The van der Waals surface area contributed by atoms with Crippen molar-refractivity contribution >= 4 is 11.9 Å². The summed E-state index contributed by atoms with van der Waals surface area (Å²) in [7, 11) is 0. The van der Waals surface area contributed by atoms with Crippen LogP contribution in [0.2, 0.25) is 0 Å². The lowest BCUT2D eigenvalue weighted by molar-refractivity contribution is -0.151. The molecule has 3 N–H and O–H groups in total. The highest BCUT2D eigenvalue weighted by Gasteiger charge is 2.35. The molecule has 2 atom stereocenters. The number of hydrogen-bond donors (Lipinski definition) is 3. The number of nitrogens with one attached hydrogen (secondary N) is 1. The Bertz CT molecular complexity index is 313. The maximum atomic E-state index is 11.6. The topological polar surface area (TPSA) is 95.9 Å². The molecule has 0 bridgehead atoms. The Hall–Kier alpha value is -1.14. The zero-order valence-electron chi connectivity index (χ0n) is 9.46. The minimum Gasteiger partial charge on any atom is -0.479 e. The van der Waals surface area contributed by atoms with Crippen molar-refractivity contribution in [3.8, 4) is 0 Å². The number of carbonyl (C=O) groups excluding carboxylic acids is 1. The molecule has 1 amide bonds. The van der Waals surface area contributed by atoms with E-state index in [1.54, 1.807) is 0 Å². The molecule has 0 aromatic heterocycles. The van der Waals surface area contributed by atoms with Crippen LogP contribution in [0, 0.1) is 5.92 Å². The Balaban J connectivity index is 1.68. The van der Waals surface area contributed by atoms with Crippen molar-refractivity contribution < 1.29 is 24.5 Å². The van der Waals surface area contributed by atoms with Gasteiger partial charge in [0, 0.05) is 6.54 Å². The van der Waals surface area contributed by atoms with Gasteiger partial charge >= 0.3 is 5.97 Å². The molecule has 1 heterocycles. The van der Waals surface area contributed by atoms with Crippen molar-refractivity contribution in [2.45, 2.75) is 44.0 Å². The smallest absolute Gasteiger partial charge is 0.332 e. The molecule has 6 heteroatoms. The summed E-state index contributed by atoms with van der Waals surface area (Å²) in [6, 6.07) is 0. The van der Waals surface area contributed by atoms with E-state index < -0.39 is 18.2 Å². The van der Waals surface area contributed by atoms with Gasteiger partial charge in [-0.25, -0.2) is 4.79 Å². The molecule has 0 spiro atoms. The van der Waals surface area contributed by atoms with Crippen LogP contribution in [-0.2, 0) is 14.3 Å². The quantitative estimate of drug-likeness (QED) is 0.619. The van der Waals surface area contributed by atoms with Crippen LogP contribution in [-0.4, -0.2) is 46.9 Å². The zero-order chi connectivity index (χ0) is 12.4. The van der Waals surface area contributed by atoms with E-state index in [0.29, 0.717) is 25.3 Å². The molecule has 2 rings (SSSR count). The molecule has 1 saturated carbocycles. The van der Waals surface area contributed by atoms with Crippen molar-refractivity contribution in [1.29, 1.82) is 0 Å². The van der Waals surface area contributed by atoms with Gasteiger partial charge in [0.25, 0.3) is 0 Å². The van der Waals surface area contributed by atoms with Crippen LogP contribution in [0.3, 0.4) is 0 Å². The fourth-order valence-electron chi connectivity index (χ4n) is 2.24. The van der Waals surface area contributed by atoms with Crippen molar-refractivity contribution in [3.05, 3.63) is 0 Å². The average Bonchev–Trinajstić information content (AvgIpc) is 2.71. The predicted molar refractivity (Wildman–Crippen MR) is 57.3 cm³/mol. The summed E-state index contributed by atoms with van der Waals surface area (Å²) >= 11 is 0. The lowest BCUT2D eigenvalue weighted by Gasteiger charge is -2.31. The molecule has 2 aliphatic rings. The largest absolute Gasteiger partial charge is 0.479 e. The Labute approximate surface area is 99.0 Å². The lowest BCUT2D eigenvalue weighted by Crippen LogP contribution is -2.42. The summed E-state index contributed by atoms with van der Waals surface area (Å²) in [5.74, 6) is -0.914. The number of amides is 1. The number of carboxylic acid groups (broad SMARTS) is 1. The van der Waals surface area contributed by atoms with Crippen molar-refractivity contribution in [2.24, 2.45) is 5.92 Å². The second-order valence-electron chi connectivity index (χ2n) is 4.77. The lowest BCUT2D eigenvalue weighted by atomic mass is 9.82. The van der Waals surface area contributed by atoms with E-state index in [2.05, 4.69) is 5.32 Å². The second kappa shape index (κ2) is 5.01. The summed E-state index contributed by atoms with van der Waals surface area (Å²) in [5.41, 5.74) is 0. The van der Waals surface area contributed by atoms with Crippen LogP contribution < -0.4 is 5.32 Å². The maximum Gasteiger partial charge on any atom is 0.332 e. The normalized spacial score (nSPS) is 36.3. The first-order valence-electron chi connectivity index (χ1n) is 5.90. The molecule has 0 aromatic rings. The van der Waals surface area contributed by atoms with Gasteiger partial charge in [-0.2, -0.15) is 0 Å². The number of aliphatic carboxylic acids is 1. The standard InChI is InChI=1S/C11H17NO5/c13-7-3-6(4-7)5-12-10(14)8-1-2-9(17-8)11(15)16/h6-9,13H,1-5H2,(H,12,14)(H,15,16)/t6?,7?,8-,9+/m0/s1. The number of aliphatic hydroxyl groups excluding tert-OH is 1. The van der Waals surface area contributed by atoms with Gasteiger partial charge in [-0.05, 0) is 31.6 Å². The molecular weight excluding hydrogens is 226 g/mol. The molecule has 2 fully saturated rings. The fourth-order valence-corrected chi connectivity index (χ4v) is 2.24. The van der Waals surface area contributed by atoms with Gasteiger partial charge in [0.1, 0.15) is 6.10 Å². The Morgan fingerprint density at radius 3 is 2.41 bits per heavy atom. The first-order chi connectivity index (χ1) is 8.06. The zero-order valence-corrected chi connectivity index (χ0v) is 9.46. The van der Waals surface area contributed by atoms with Gasteiger partial charge in [-0.3, -0.25) is 4.79 Å². The predicted octanol–water partition coefficient (Wildman–Crippen LogP) is -0.494. The first kappa shape index (κ1) is 12.3.